The molecule has 104 valence electrons. The Labute approximate surface area is 122 Å². The minimum absolute atomic E-state index is 0.128. The third-order valence-electron chi connectivity index (χ3n) is 2.83. The van der Waals surface area contributed by atoms with Gasteiger partial charge in [0, 0.05) is 5.02 Å². The molecule has 2 aromatic carbocycles. The maximum atomic E-state index is 13.4. The van der Waals surface area contributed by atoms with Gasteiger partial charge in [-0.2, -0.15) is 0 Å². The van der Waals surface area contributed by atoms with Gasteiger partial charge in [-0.25, -0.2) is 9.18 Å². The number of carbonyl (C=O) groups is 1. The van der Waals surface area contributed by atoms with Crippen molar-refractivity contribution in [3.8, 4) is 0 Å². The van der Waals surface area contributed by atoms with Crippen LogP contribution in [0.5, 0.6) is 0 Å². The van der Waals surface area contributed by atoms with Crippen molar-refractivity contribution in [3.05, 3.63) is 70.5 Å². The highest BCUT2D eigenvalue weighted by Gasteiger charge is 2.13. The summed E-state index contributed by atoms with van der Waals surface area (Å²) in [6, 6.07) is 13.7. The first-order valence-corrected chi connectivity index (χ1v) is 6.71. The third-order valence-corrected chi connectivity index (χ3v) is 3.07. The Morgan fingerprint density at radius 1 is 1.15 bits per heavy atom. The van der Waals surface area contributed by atoms with Gasteiger partial charge < -0.3 is 4.74 Å². The van der Waals surface area contributed by atoms with Gasteiger partial charge in [0.1, 0.15) is 5.82 Å². The van der Waals surface area contributed by atoms with Gasteiger partial charge in [-0.05, 0) is 36.6 Å². The normalized spacial score (nSPS) is 10.3. The summed E-state index contributed by atoms with van der Waals surface area (Å²) in [5, 5.41) is 0.308. The number of aryl methyl sites for hydroxylation is 1. The number of hydrogen-bond acceptors (Lipinski definition) is 2. The van der Waals surface area contributed by atoms with E-state index >= 15 is 0 Å². The van der Waals surface area contributed by atoms with Crippen LogP contribution in [0.3, 0.4) is 0 Å². The number of esters is 1. The van der Waals surface area contributed by atoms with E-state index in [1.54, 1.807) is 0 Å². The standard InChI is InChI=1S/C16H14ClFO2/c17-13-8-9-15(18)14(11-13)16(19)20-10-4-7-12-5-2-1-3-6-12/h1-3,5-6,8-9,11H,4,7,10H2. The van der Waals surface area contributed by atoms with E-state index in [-0.39, 0.29) is 12.2 Å². The number of halogens is 2. The zero-order valence-corrected chi connectivity index (χ0v) is 11.6. The monoisotopic (exact) mass is 292 g/mol. The molecule has 0 spiro atoms. The van der Waals surface area contributed by atoms with Gasteiger partial charge in [-0.1, -0.05) is 41.9 Å². The average molecular weight is 293 g/mol. The molecule has 0 aromatic heterocycles. The molecule has 0 amide bonds. The van der Waals surface area contributed by atoms with Crippen molar-refractivity contribution >= 4 is 17.6 Å². The summed E-state index contributed by atoms with van der Waals surface area (Å²) in [5.41, 5.74) is 1.05. The lowest BCUT2D eigenvalue weighted by Gasteiger charge is -2.06. The van der Waals surface area contributed by atoms with Gasteiger partial charge in [0.05, 0.1) is 12.2 Å². The molecule has 0 heterocycles. The Morgan fingerprint density at radius 2 is 1.90 bits per heavy atom. The SMILES string of the molecule is O=C(OCCCc1ccccc1)c1cc(Cl)ccc1F. The van der Waals surface area contributed by atoms with E-state index in [9.17, 15) is 9.18 Å². The van der Waals surface area contributed by atoms with Crippen molar-refractivity contribution in [2.24, 2.45) is 0 Å². The van der Waals surface area contributed by atoms with Crippen LogP contribution in [0.4, 0.5) is 4.39 Å². The van der Waals surface area contributed by atoms with Gasteiger partial charge in [0.25, 0.3) is 0 Å². The van der Waals surface area contributed by atoms with E-state index in [0.717, 1.165) is 12.5 Å². The van der Waals surface area contributed by atoms with Crippen LogP contribution >= 0.6 is 11.6 Å². The van der Waals surface area contributed by atoms with E-state index in [4.69, 9.17) is 16.3 Å². The Hall–Kier alpha value is -1.87. The summed E-state index contributed by atoms with van der Waals surface area (Å²) in [6.45, 7) is 0.250. The fourth-order valence-electron chi connectivity index (χ4n) is 1.82. The minimum atomic E-state index is -0.682. The summed E-state index contributed by atoms with van der Waals surface area (Å²) in [7, 11) is 0. The van der Waals surface area contributed by atoms with E-state index in [1.165, 1.54) is 17.7 Å². The fraction of sp³-hybridized carbons (Fsp3) is 0.188. The van der Waals surface area contributed by atoms with Crippen LogP contribution in [0.25, 0.3) is 0 Å². The van der Waals surface area contributed by atoms with Crippen LogP contribution in [-0.2, 0) is 11.2 Å². The molecule has 0 fully saturated rings. The lowest BCUT2D eigenvalue weighted by Crippen LogP contribution is -2.09. The predicted molar refractivity (Wildman–Crippen MR) is 76.5 cm³/mol. The van der Waals surface area contributed by atoms with Crippen LogP contribution in [0.1, 0.15) is 22.3 Å². The number of ether oxygens (including phenoxy) is 1. The summed E-state index contributed by atoms with van der Waals surface area (Å²) in [6.07, 6.45) is 1.50. The molecule has 0 saturated heterocycles. The third kappa shape index (κ3) is 4.07. The van der Waals surface area contributed by atoms with E-state index in [0.29, 0.717) is 11.4 Å². The first-order chi connectivity index (χ1) is 9.66. The molecule has 0 bridgehead atoms. The molecule has 0 radical (unpaired) electrons. The quantitative estimate of drug-likeness (QED) is 0.608. The molecule has 2 aromatic rings. The van der Waals surface area contributed by atoms with Crippen molar-refractivity contribution < 1.29 is 13.9 Å². The first-order valence-electron chi connectivity index (χ1n) is 6.33. The van der Waals surface area contributed by atoms with Gasteiger partial charge in [-0.15, -0.1) is 0 Å². The number of benzene rings is 2. The molecular formula is C16H14ClFO2. The lowest BCUT2D eigenvalue weighted by atomic mass is 10.1. The number of carbonyl (C=O) groups excluding carboxylic acids is 1. The molecule has 0 unspecified atom stereocenters. The smallest absolute Gasteiger partial charge is 0.341 e. The molecule has 0 saturated carbocycles. The Morgan fingerprint density at radius 3 is 2.65 bits per heavy atom. The largest absolute Gasteiger partial charge is 0.462 e. The fourth-order valence-corrected chi connectivity index (χ4v) is 1.99. The predicted octanol–water partition coefficient (Wildman–Crippen LogP) is 4.27. The van der Waals surface area contributed by atoms with Crippen LogP contribution < -0.4 is 0 Å². The van der Waals surface area contributed by atoms with Gasteiger partial charge >= 0.3 is 5.97 Å². The summed E-state index contributed by atoms with van der Waals surface area (Å²) in [5.74, 6) is -1.31. The van der Waals surface area contributed by atoms with Crippen molar-refractivity contribution in [1.29, 1.82) is 0 Å². The minimum Gasteiger partial charge on any atom is -0.462 e. The van der Waals surface area contributed by atoms with Crippen LogP contribution in [0.2, 0.25) is 5.02 Å². The maximum absolute atomic E-state index is 13.4. The molecule has 2 rings (SSSR count). The van der Waals surface area contributed by atoms with Gasteiger partial charge in [-0.3, -0.25) is 0 Å². The highest BCUT2D eigenvalue weighted by molar-refractivity contribution is 6.30. The highest BCUT2D eigenvalue weighted by Crippen LogP contribution is 2.16. The Balaban J connectivity index is 1.82. The molecule has 20 heavy (non-hydrogen) atoms. The zero-order chi connectivity index (χ0) is 14.4. The molecule has 0 aliphatic carbocycles. The van der Waals surface area contributed by atoms with Gasteiger partial charge in [0.2, 0.25) is 0 Å². The molecule has 0 aliphatic heterocycles. The second-order valence-electron chi connectivity index (χ2n) is 4.35. The lowest BCUT2D eigenvalue weighted by molar-refractivity contribution is 0.0495. The second-order valence-corrected chi connectivity index (χ2v) is 4.79. The summed E-state index contributed by atoms with van der Waals surface area (Å²) < 4.78 is 18.5. The maximum Gasteiger partial charge on any atom is 0.341 e. The average Bonchev–Trinajstić information content (AvgIpc) is 2.47. The topological polar surface area (TPSA) is 26.3 Å². The molecule has 4 heteroatoms. The highest BCUT2D eigenvalue weighted by atomic mass is 35.5. The van der Waals surface area contributed by atoms with E-state index in [1.807, 2.05) is 30.3 Å². The van der Waals surface area contributed by atoms with Crippen LogP contribution in [0.15, 0.2) is 48.5 Å². The molecule has 0 aliphatic rings. The molecule has 0 atom stereocenters. The van der Waals surface area contributed by atoms with Crippen LogP contribution in [0, 0.1) is 5.82 Å². The zero-order valence-electron chi connectivity index (χ0n) is 10.8. The molecule has 0 N–H and O–H groups in total. The van der Waals surface area contributed by atoms with Crippen LogP contribution in [-0.4, -0.2) is 12.6 Å². The first kappa shape index (κ1) is 14.5. The Bertz CT molecular complexity index is 584. The second kappa shape index (κ2) is 7.06. The summed E-state index contributed by atoms with van der Waals surface area (Å²) in [4.78, 5) is 11.7. The van der Waals surface area contributed by atoms with Crippen molar-refractivity contribution in [2.45, 2.75) is 12.8 Å². The van der Waals surface area contributed by atoms with Crippen molar-refractivity contribution in [3.63, 3.8) is 0 Å². The Kier molecular flexibility index (Phi) is 5.13. The van der Waals surface area contributed by atoms with Gasteiger partial charge in [0.15, 0.2) is 0 Å². The number of rotatable bonds is 5. The summed E-state index contributed by atoms with van der Waals surface area (Å²) >= 11 is 5.73. The van der Waals surface area contributed by atoms with Crippen molar-refractivity contribution in [2.75, 3.05) is 6.61 Å². The van der Waals surface area contributed by atoms with E-state index in [2.05, 4.69) is 0 Å². The van der Waals surface area contributed by atoms with E-state index < -0.39 is 11.8 Å². The van der Waals surface area contributed by atoms with Crippen molar-refractivity contribution in [1.82, 2.24) is 0 Å². The molecular weight excluding hydrogens is 279 g/mol. The number of hydrogen-bond donors (Lipinski definition) is 0. The molecule has 2 nitrogen and oxygen atoms in total.